The minimum atomic E-state index is -0.0520. The summed E-state index contributed by atoms with van der Waals surface area (Å²) in [6.45, 7) is 8.79. The number of hydrogen-bond donors (Lipinski definition) is 0. The molecule has 174 valence electrons. The second kappa shape index (κ2) is 9.03. The summed E-state index contributed by atoms with van der Waals surface area (Å²) in [6.07, 6.45) is 10.6. The Morgan fingerprint density at radius 2 is 1.40 bits per heavy atom. The fourth-order valence-corrected chi connectivity index (χ4v) is 4.91. The number of nitrogens with zero attached hydrogens (tertiary/aromatic N) is 1. The van der Waals surface area contributed by atoms with Gasteiger partial charge < -0.3 is 4.74 Å². The van der Waals surface area contributed by atoms with Crippen molar-refractivity contribution in [3.8, 4) is 0 Å². The molecule has 0 aliphatic carbocycles. The third-order valence-electron chi connectivity index (χ3n) is 6.99. The second-order valence-electron chi connectivity index (χ2n) is 9.96. The molecule has 3 aromatic carbocycles. The highest BCUT2D eigenvalue weighted by Crippen LogP contribution is 2.39. The van der Waals surface area contributed by atoms with Crippen molar-refractivity contribution in [3.63, 3.8) is 0 Å². The maximum Gasteiger partial charge on any atom is 0.209 e. The first-order chi connectivity index (χ1) is 16.8. The van der Waals surface area contributed by atoms with Gasteiger partial charge in [-0.05, 0) is 57.1 Å². The highest BCUT2D eigenvalue weighted by atomic mass is 16.5. The van der Waals surface area contributed by atoms with Crippen molar-refractivity contribution in [2.75, 3.05) is 7.05 Å². The molecule has 0 fully saturated rings. The van der Waals surface area contributed by atoms with Crippen molar-refractivity contribution >= 4 is 22.7 Å². The van der Waals surface area contributed by atoms with Gasteiger partial charge in [-0.1, -0.05) is 83.9 Å². The highest BCUT2D eigenvalue weighted by molar-refractivity contribution is 6.03. The van der Waals surface area contributed by atoms with Crippen molar-refractivity contribution in [3.05, 3.63) is 137 Å². The lowest BCUT2D eigenvalue weighted by molar-refractivity contribution is -0.401. The van der Waals surface area contributed by atoms with Crippen molar-refractivity contribution in [1.82, 2.24) is 0 Å². The molecule has 0 atom stereocenters. The van der Waals surface area contributed by atoms with Gasteiger partial charge in [-0.15, -0.1) is 0 Å². The predicted molar refractivity (Wildman–Crippen MR) is 147 cm³/mol. The highest BCUT2D eigenvalue weighted by Gasteiger charge is 2.42. The SMILES string of the molecule is Cc1ccc(C2=C/C(=C\C=C\C3=[N+](C)c4ccccc4C3(C)C)OC(c3ccc(C)cc3)=C2)cc1. The van der Waals surface area contributed by atoms with Gasteiger partial charge in [0.05, 0.1) is 5.41 Å². The Kier molecular flexibility index (Phi) is 5.90. The van der Waals surface area contributed by atoms with E-state index in [2.05, 4.69) is 142 Å². The Morgan fingerprint density at radius 1 is 0.771 bits per heavy atom. The number of fused-ring (bicyclic) bond motifs is 1. The van der Waals surface area contributed by atoms with Crippen LogP contribution in [-0.4, -0.2) is 17.3 Å². The van der Waals surface area contributed by atoms with E-state index >= 15 is 0 Å². The molecule has 0 aromatic heterocycles. The molecule has 0 amide bonds. The molecule has 2 heterocycles. The summed E-state index contributed by atoms with van der Waals surface area (Å²) in [5, 5.41) is 0. The minimum Gasteiger partial charge on any atom is -0.457 e. The molecular formula is C33H32NO+. The van der Waals surface area contributed by atoms with Crippen LogP contribution in [0.25, 0.3) is 11.3 Å². The number of benzene rings is 3. The van der Waals surface area contributed by atoms with Gasteiger partial charge in [-0.2, -0.15) is 4.58 Å². The van der Waals surface area contributed by atoms with Crippen LogP contribution in [0.5, 0.6) is 0 Å². The molecule has 2 aliphatic rings. The van der Waals surface area contributed by atoms with E-state index in [0.29, 0.717) is 0 Å². The molecule has 0 N–H and O–H groups in total. The zero-order valence-electron chi connectivity index (χ0n) is 21.2. The number of rotatable bonds is 4. The van der Waals surface area contributed by atoms with Crippen molar-refractivity contribution < 1.29 is 9.31 Å². The third kappa shape index (κ3) is 4.44. The zero-order valence-corrected chi connectivity index (χ0v) is 21.2. The van der Waals surface area contributed by atoms with Crippen LogP contribution in [0.2, 0.25) is 0 Å². The summed E-state index contributed by atoms with van der Waals surface area (Å²) in [5.41, 5.74) is 9.73. The van der Waals surface area contributed by atoms with E-state index in [0.717, 1.165) is 22.7 Å². The average molecular weight is 459 g/mol. The molecule has 0 radical (unpaired) electrons. The zero-order chi connectivity index (χ0) is 24.6. The topological polar surface area (TPSA) is 12.2 Å². The van der Waals surface area contributed by atoms with E-state index in [-0.39, 0.29) is 5.41 Å². The number of hydrogen-bond acceptors (Lipinski definition) is 1. The summed E-state index contributed by atoms with van der Waals surface area (Å²) in [7, 11) is 2.14. The fourth-order valence-electron chi connectivity index (χ4n) is 4.91. The van der Waals surface area contributed by atoms with Gasteiger partial charge in [0.2, 0.25) is 5.69 Å². The Balaban J connectivity index is 1.50. The molecule has 2 heteroatoms. The largest absolute Gasteiger partial charge is 0.457 e. The standard InChI is InChI=1S/C33H32NO/c1-23-13-17-25(18-14-23)27-21-28(35-31(22-27)26-19-15-24(2)16-20-26)9-8-12-32-33(3,4)29-10-6-7-11-30(29)34(32)5/h6-22H,1-5H3/q+1/b12-8+,28-9+. The number of para-hydroxylation sites is 1. The predicted octanol–water partition coefficient (Wildman–Crippen LogP) is 7.90. The molecule has 0 bridgehead atoms. The molecule has 2 aliphatic heterocycles. The Bertz CT molecular complexity index is 1430. The Labute approximate surface area is 208 Å². The molecule has 3 aromatic rings. The van der Waals surface area contributed by atoms with Gasteiger partial charge in [0.1, 0.15) is 18.6 Å². The first kappa shape index (κ1) is 22.9. The van der Waals surface area contributed by atoms with Crippen LogP contribution in [0.4, 0.5) is 5.69 Å². The van der Waals surface area contributed by atoms with Gasteiger partial charge in [-0.3, -0.25) is 0 Å². The minimum absolute atomic E-state index is 0.0520. The summed E-state index contributed by atoms with van der Waals surface area (Å²) < 4.78 is 8.65. The Hall–Kier alpha value is -3.91. The van der Waals surface area contributed by atoms with E-state index in [1.807, 2.05) is 0 Å². The molecule has 5 rings (SSSR count). The molecule has 0 spiro atoms. The van der Waals surface area contributed by atoms with Crippen molar-refractivity contribution in [2.24, 2.45) is 0 Å². The lowest BCUT2D eigenvalue weighted by Gasteiger charge is -2.18. The number of allylic oxidation sites excluding steroid dienone is 6. The van der Waals surface area contributed by atoms with Crippen LogP contribution in [0.1, 0.15) is 41.7 Å². The van der Waals surface area contributed by atoms with Crippen molar-refractivity contribution in [1.29, 1.82) is 0 Å². The van der Waals surface area contributed by atoms with Gasteiger partial charge in [-0.25, -0.2) is 0 Å². The van der Waals surface area contributed by atoms with E-state index in [9.17, 15) is 0 Å². The van der Waals surface area contributed by atoms with E-state index in [4.69, 9.17) is 4.74 Å². The normalized spacial score (nSPS) is 17.9. The van der Waals surface area contributed by atoms with Crippen LogP contribution >= 0.6 is 0 Å². The number of ether oxygens (including phenoxy) is 1. The fraction of sp³-hybridized carbons (Fsp3) is 0.182. The average Bonchev–Trinajstić information content (AvgIpc) is 3.05. The summed E-state index contributed by atoms with van der Waals surface area (Å²) in [4.78, 5) is 0. The third-order valence-corrected chi connectivity index (χ3v) is 6.99. The maximum atomic E-state index is 6.36. The lowest BCUT2D eigenvalue weighted by Crippen LogP contribution is -2.26. The monoisotopic (exact) mass is 458 g/mol. The molecule has 35 heavy (non-hydrogen) atoms. The second-order valence-corrected chi connectivity index (χ2v) is 9.96. The van der Waals surface area contributed by atoms with Crippen LogP contribution in [0.3, 0.4) is 0 Å². The smallest absolute Gasteiger partial charge is 0.209 e. The first-order valence-electron chi connectivity index (χ1n) is 12.2. The molecule has 0 saturated carbocycles. The molecular weight excluding hydrogens is 426 g/mol. The molecule has 0 saturated heterocycles. The van der Waals surface area contributed by atoms with Crippen LogP contribution in [-0.2, 0) is 10.2 Å². The van der Waals surface area contributed by atoms with Gasteiger partial charge in [0.25, 0.3) is 0 Å². The first-order valence-corrected chi connectivity index (χ1v) is 12.2. The van der Waals surface area contributed by atoms with Gasteiger partial charge in [0.15, 0.2) is 5.71 Å². The van der Waals surface area contributed by atoms with E-state index in [1.54, 1.807) is 0 Å². The summed E-state index contributed by atoms with van der Waals surface area (Å²) in [6, 6.07) is 25.8. The summed E-state index contributed by atoms with van der Waals surface area (Å²) in [5.74, 6) is 1.69. The van der Waals surface area contributed by atoms with Gasteiger partial charge in [0, 0.05) is 23.3 Å². The van der Waals surface area contributed by atoms with Crippen LogP contribution in [0.15, 0.2) is 109 Å². The van der Waals surface area contributed by atoms with E-state index < -0.39 is 0 Å². The van der Waals surface area contributed by atoms with Crippen LogP contribution in [0, 0.1) is 13.8 Å². The van der Waals surface area contributed by atoms with Crippen molar-refractivity contribution in [2.45, 2.75) is 33.1 Å². The number of aryl methyl sites for hydroxylation is 2. The van der Waals surface area contributed by atoms with Gasteiger partial charge >= 0.3 is 0 Å². The lowest BCUT2D eigenvalue weighted by atomic mass is 9.81. The molecule has 0 unspecified atom stereocenters. The Morgan fingerprint density at radius 3 is 2.06 bits per heavy atom. The van der Waals surface area contributed by atoms with E-state index in [1.165, 1.54) is 33.7 Å². The van der Waals surface area contributed by atoms with Crippen LogP contribution < -0.4 is 0 Å². The quantitative estimate of drug-likeness (QED) is 0.362. The summed E-state index contributed by atoms with van der Waals surface area (Å²) >= 11 is 0. The molecule has 2 nitrogen and oxygen atoms in total. The maximum absolute atomic E-state index is 6.36.